The van der Waals surface area contributed by atoms with Crippen molar-refractivity contribution in [2.75, 3.05) is 7.05 Å². The summed E-state index contributed by atoms with van der Waals surface area (Å²) in [4.78, 5) is 29.5. The molecule has 2 aromatic carbocycles. The van der Waals surface area contributed by atoms with Crippen LogP contribution in [-0.4, -0.2) is 27.6 Å². The summed E-state index contributed by atoms with van der Waals surface area (Å²) < 4.78 is 1.58. The summed E-state index contributed by atoms with van der Waals surface area (Å²) in [5.74, 6) is -0.743. The zero-order chi connectivity index (χ0) is 20.4. The van der Waals surface area contributed by atoms with Crippen LogP contribution in [0.4, 0.5) is 0 Å². The predicted octanol–water partition coefficient (Wildman–Crippen LogP) is 3.18. The van der Waals surface area contributed by atoms with Crippen molar-refractivity contribution in [1.82, 2.24) is 14.9 Å². The Morgan fingerprint density at radius 3 is 2.38 bits per heavy atom. The smallest absolute Gasteiger partial charge is 0.273 e. The van der Waals surface area contributed by atoms with E-state index in [-0.39, 0.29) is 17.0 Å². The van der Waals surface area contributed by atoms with Crippen LogP contribution >= 0.6 is 0 Å². The van der Waals surface area contributed by atoms with E-state index < -0.39 is 5.91 Å². The van der Waals surface area contributed by atoms with Crippen LogP contribution < -0.4 is 10.9 Å². The molecule has 0 radical (unpaired) electrons. The second-order valence-corrected chi connectivity index (χ2v) is 6.63. The third-order valence-corrected chi connectivity index (χ3v) is 4.84. The van der Waals surface area contributed by atoms with E-state index in [0.717, 1.165) is 11.1 Å². The second kappa shape index (κ2) is 7.59. The highest BCUT2D eigenvalue weighted by Gasteiger charge is 2.19. The Bertz CT molecular complexity index is 1250. The van der Waals surface area contributed by atoms with Gasteiger partial charge >= 0.3 is 0 Å². The first-order chi connectivity index (χ1) is 14.1. The fourth-order valence-corrected chi connectivity index (χ4v) is 3.36. The molecule has 0 aliphatic carbocycles. The molecular weight excluding hydrogens is 366 g/mol. The molecule has 6 nitrogen and oxygen atoms in total. The van der Waals surface area contributed by atoms with Crippen molar-refractivity contribution in [2.45, 2.75) is 6.54 Å². The molecule has 2 heterocycles. The number of aromatic hydroxyl groups is 1. The fourth-order valence-electron chi connectivity index (χ4n) is 3.36. The number of carbonyl (C=O) groups is 1. The third kappa shape index (κ3) is 3.36. The summed E-state index contributed by atoms with van der Waals surface area (Å²) in [5.41, 5.74) is 2.31. The average Bonchev–Trinajstić information content (AvgIpc) is 2.76. The highest BCUT2D eigenvalue weighted by atomic mass is 16.3. The first kappa shape index (κ1) is 18.4. The van der Waals surface area contributed by atoms with Gasteiger partial charge in [0, 0.05) is 18.0 Å². The molecule has 0 aliphatic heterocycles. The van der Waals surface area contributed by atoms with Crippen LogP contribution in [0.5, 0.6) is 5.75 Å². The highest BCUT2D eigenvalue weighted by molar-refractivity contribution is 6.01. The molecule has 0 unspecified atom stereocenters. The summed E-state index contributed by atoms with van der Waals surface area (Å²) >= 11 is 0. The van der Waals surface area contributed by atoms with Crippen molar-refractivity contribution in [3.63, 3.8) is 0 Å². The summed E-state index contributed by atoms with van der Waals surface area (Å²) in [7, 11) is 1.47. The van der Waals surface area contributed by atoms with Crippen molar-refractivity contribution >= 4 is 16.8 Å². The maximum Gasteiger partial charge on any atom is 0.273 e. The summed E-state index contributed by atoms with van der Waals surface area (Å²) in [6.45, 7) is 0.317. The van der Waals surface area contributed by atoms with Gasteiger partial charge in [0.15, 0.2) is 11.4 Å². The molecule has 0 bridgehead atoms. The number of amides is 1. The largest absolute Gasteiger partial charge is 0.505 e. The summed E-state index contributed by atoms with van der Waals surface area (Å²) in [6.07, 6.45) is 1.46. The molecule has 1 amide bonds. The van der Waals surface area contributed by atoms with Gasteiger partial charge in [0.1, 0.15) is 0 Å². The van der Waals surface area contributed by atoms with E-state index >= 15 is 0 Å². The Morgan fingerprint density at radius 1 is 1.07 bits per heavy atom. The number of nitrogens with zero attached hydrogens (tertiary/aromatic N) is 2. The second-order valence-electron chi connectivity index (χ2n) is 6.63. The first-order valence-electron chi connectivity index (χ1n) is 9.17. The molecule has 2 N–H and O–H groups in total. The predicted molar refractivity (Wildman–Crippen MR) is 112 cm³/mol. The molecule has 6 heteroatoms. The number of pyridine rings is 2. The Morgan fingerprint density at radius 2 is 1.72 bits per heavy atom. The molecule has 29 heavy (non-hydrogen) atoms. The molecule has 0 aliphatic rings. The van der Waals surface area contributed by atoms with Crippen LogP contribution in [0.15, 0.2) is 77.7 Å². The Labute approximate surface area is 167 Å². The van der Waals surface area contributed by atoms with Crippen LogP contribution in [0.25, 0.3) is 22.0 Å². The lowest BCUT2D eigenvalue weighted by molar-refractivity contribution is 0.0955. The van der Waals surface area contributed by atoms with Gasteiger partial charge in [-0.2, -0.15) is 0 Å². The van der Waals surface area contributed by atoms with E-state index in [9.17, 15) is 14.7 Å². The van der Waals surface area contributed by atoms with Crippen molar-refractivity contribution in [2.24, 2.45) is 0 Å². The number of aromatic nitrogens is 2. The number of benzene rings is 2. The van der Waals surface area contributed by atoms with Gasteiger partial charge in [-0.1, -0.05) is 60.7 Å². The van der Waals surface area contributed by atoms with Gasteiger partial charge in [0.2, 0.25) is 0 Å². The molecule has 4 aromatic rings. The minimum absolute atomic E-state index is 0.0797. The zero-order valence-electron chi connectivity index (χ0n) is 15.8. The van der Waals surface area contributed by atoms with Gasteiger partial charge in [-0.05, 0) is 17.2 Å². The SMILES string of the molecule is CNC(=O)c1ncc2c(cc(-c3ccccc3)c(=O)n2Cc2ccccc2)c1O. The van der Waals surface area contributed by atoms with E-state index in [2.05, 4.69) is 10.3 Å². The normalized spacial score (nSPS) is 10.8. The Hall–Kier alpha value is -3.93. The van der Waals surface area contributed by atoms with Crippen LogP contribution in [0, 0.1) is 0 Å². The number of fused-ring (bicyclic) bond motifs is 1. The van der Waals surface area contributed by atoms with E-state index in [1.165, 1.54) is 13.2 Å². The molecule has 144 valence electrons. The van der Waals surface area contributed by atoms with Gasteiger partial charge in [-0.15, -0.1) is 0 Å². The minimum Gasteiger partial charge on any atom is -0.505 e. The lowest BCUT2D eigenvalue weighted by Crippen LogP contribution is -2.24. The van der Waals surface area contributed by atoms with E-state index in [0.29, 0.717) is 23.0 Å². The summed E-state index contributed by atoms with van der Waals surface area (Å²) in [6, 6.07) is 20.5. The molecule has 0 saturated carbocycles. The van der Waals surface area contributed by atoms with Gasteiger partial charge in [0.05, 0.1) is 18.3 Å². The lowest BCUT2D eigenvalue weighted by atomic mass is 10.0. The monoisotopic (exact) mass is 385 g/mol. The Balaban J connectivity index is 2.03. The van der Waals surface area contributed by atoms with E-state index in [4.69, 9.17) is 0 Å². The van der Waals surface area contributed by atoms with Crippen LogP contribution in [0.1, 0.15) is 16.1 Å². The molecular formula is C23H19N3O3. The molecule has 0 spiro atoms. The number of carbonyl (C=O) groups excluding carboxylic acids is 1. The third-order valence-electron chi connectivity index (χ3n) is 4.84. The molecule has 0 saturated heterocycles. The van der Waals surface area contributed by atoms with Gasteiger partial charge < -0.3 is 15.0 Å². The molecule has 4 rings (SSSR count). The fraction of sp³-hybridized carbons (Fsp3) is 0.0870. The van der Waals surface area contributed by atoms with Gasteiger partial charge in [-0.25, -0.2) is 4.98 Å². The molecule has 2 aromatic heterocycles. The first-order valence-corrected chi connectivity index (χ1v) is 9.17. The van der Waals surface area contributed by atoms with Crippen molar-refractivity contribution < 1.29 is 9.90 Å². The maximum atomic E-state index is 13.3. The lowest BCUT2D eigenvalue weighted by Gasteiger charge is -2.15. The molecule has 0 fully saturated rings. The van der Waals surface area contributed by atoms with Crippen LogP contribution in [0.2, 0.25) is 0 Å². The van der Waals surface area contributed by atoms with Crippen LogP contribution in [0.3, 0.4) is 0 Å². The molecule has 0 atom stereocenters. The Kier molecular flexibility index (Phi) is 4.83. The zero-order valence-corrected chi connectivity index (χ0v) is 15.8. The van der Waals surface area contributed by atoms with Gasteiger partial charge in [0.25, 0.3) is 11.5 Å². The van der Waals surface area contributed by atoms with Crippen molar-refractivity contribution in [1.29, 1.82) is 0 Å². The van der Waals surface area contributed by atoms with Crippen molar-refractivity contribution in [3.05, 3.63) is 94.5 Å². The van der Waals surface area contributed by atoms with Crippen molar-refractivity contribution in [3.8, 4) is 16.9 Å². The van der Waals surface area contributed by atoms with Gasteiger partial charge in [-0.3, -0.25) is 9.59 Å². The number of nitrogens with one attached hydrogen (secondary N) is 1. The average molecular weight is 385 g/mol. The standard InChI is InChI=1S/C23H19N3O3/c1-24-22(28)20-21(27)18-12-17(16-10-6-3-7-11-16)23(29)26(19(18)13-25-20)14-15-8-4-2-5-9-15/h2-13,27H,14H2,1H3,(H,24,28). The maximum absolute atomic E-state index is 13.3. The topological polar surface area (TPSA) is 84.2 Å². The van der Waals surface area contributed by atoms with E-state index in [1.54, 1.807) is 10.6 Å². The quantitative estimate of drug-likeness (QED) is 0.565. The number of rotatable bonds is 4. The van der Waals surface area contributed by atoms with Crippen LogP contribution in [-0.2, 0) is 6.54 Å². The number of hydrogen-bond donors (Lipinski definition) is 2. The number of hydrogen-bond acceptors (Lipinski definition) is 4. The summed E-state index contributed by atoms with van der Waals surface area (Å²) in [5, 5.41) is 13.6. The minimum atomic E-state index is -0.494. The highest BCUT2D eigenvalue weighted by Crippen LogP contribution is 2.30. The van der Waals surface area contributed by atoms with E-state index in [1.807, 2.05) is 60.7 Å².